The zero-order valence-electron chi connectivity index (χ0n) is 7.95. The van der Waals surface area contributed by atoms with E-state index in [1.54, 1.807) is 24.3 Å². The molecule has 0 spiro atoms. The summed E-state index contributed by atoms with van der Waals surface area (Å²) < 4.78 is 0. The number of aliphatic hydroxyl groups excluding tert-OH is 1. The van der Waals surface area contributed by atoms with Gasteiger partial charge in [0.05, 0.1) is 6.10 Å². The molecule has 1 aromatic rings. The molecule has 0 saturated carbocycles. The summed E-state index contributed by atoms with van der Waals surface area (Å²) in [7, 11) is 0. The van der Waals surface area contributed by atoms with Crippen LogP contribution in [0.15, 0.2) is 24.3 Å². The fraction of sp³-hybridized carbons (Fsp3) is 0.364. The van der Waals surface area contributed by atoms with Gasteiger partial charge in [0.2, 0.25) is 0 Å². The molecule has 0 aliphatic heterocycles. The first-order chi connectivity index (χ1) is 6.15. The van der Waals surface area contributed by atoms with Gasteiger partial charge in [0.25, 0.3) is 0 Å². The molecule has 0 saturated heterocycles. The summed E-state index contributed by atoms with van der Waals surface area (Å²) in [6.45, 7) is 3.45. The van der Waals surface area contributed by atoms with Gasteiger partial charge in [-0.1, -0.05) is 31.2 Å². The highest BCUT2D eigenvalue weighted by molar-refractivity contribution is 5.93. The average molecular weight is 178 g/mol. The fourth-order valence-electron chi connectivity index (χ4n) is 1.18. The molecule has 1 aromatic carbocycles. The van der Waals surface area contributed by atoms with Gasteiger partial charge in [0.1, 0.15) is 0 Å². The zero-order valence-corrected chi connectivity index (χ0v) is 7.95. The van der Waals surface area contributed by atoms with Gasteiger partial charge in [0.15, 0.2) is 5.78 Å². The van der Waals surface area contributed by atoms with E-state index in [0.29, 0.717) is 12.0 Å². The van der Waals surface area contributed by atoms with Crippen molar-refractivity contribution in [1.82, 2.24) is 0 Å². The Bertz CT molecular complexity index is 287. The van der Waals surface area contributed by atoms with Crippen LogP contribution in [0, 0.1) is 0 Å². The van der Waals surface area contributed by atoms with Gasteiger partial charge in [-0.3, -0.25) is 4.79 Å². The Morgan fingerprint density at radius 3 is 2.31 bits per heavy atom. The van der Waals surface area contributed by atoms with Gasteiger partial charge < -0.3 is 5.11 Å². The van der Waals surface area contributed by atoms with E-state index >= 15 is 0 Å². The number of rotatable bonds is 3. The maximum Gasteiger partial charge on any atom is 0.159 e. The van der Waals surface area contributed by atoms with Crippen molar-refractivity contribution in [3.05, 3.63) is 35.4 Å². The van der Waals surface area contributed by atoms with E-state index in [-0.39, 0.29) is 5.78 Å². The highest BCUT2D eigenvalue weighted by Gasteiger charge is 2.04. The molecule has 0 aliphatic rings. The fourth-order valence-corrected chi connectivity index (χ4v) is 1.18. The molecule has 2 heteroatoms. The first-order valence-corrected chi connectivity index (χ1v) is 4.44. The summed E-state index contributed by atoms with van der Waals surface area (Å²) in [6, 6.07) is 7.09. The lowest BCUT2D eigenvalue weighted by Crippen LogP contribution is -1.97. The predicted molar refractivity (Wildman–Crippen MR) is 51.7 cm³/mol. The molecular weight excluding hydrogens is 164 g/mol. The third-order valence-electron chi connectivity index (χ3n) is 2.09. The van der Waals surface area contributed by atoms with Gasteiger partial charge in [-0.05, 0) is 18.9 Å². The van der Waals surface area contributed by atoms with Gasteiger partial charge in [-0.15, -0.1) is 0 Å². The van der Waals surface area contributed by atoms with Crippen LogP contribution < -0.4 is 0 Å². The smallest absolute Gasteiger partial charge is 0.159 e. The molecule has 2 nitrogen and oxygen atoms in total. The van der Waals surface area contributed by atoms with Crippen molar-refractivity contribution in [1.29, 1.82) is 0 Å². The van der Waals surface area contributed by atoms with Crippen LogP contribution in [-0.2, 0) is 0 Å². The Hall–Kier alpha value is -1.15. The standard InChI is InChI=1S/C11H14O2/c1-3-11(13)10-6-4-9(5-7-10)8(2)12/h4-7,11,13H,3H2,1-2H3/t11-/m1/s1. The summed E-state index contributed by atoms with van der Waals surface area (Å²) in [6.07, 6.45) is 0.278. The van der Waals surface area contributed by atoms with Gasteiger partial charge in [-0.25, -0.2) is 0 Å². The summed E-state index contributed by atoms with van der Waals surface area (Å²) in [5, 5.41) is 9.47. The summed E-state index contributed by atoms with van der Waals surface area (Å²) in [5.41, 5.74) is 1.56. The molecule has 0 radical (unpaired) electrons. The van der Waals surface area contributed by atoms with E-state index < -0.39 is 6.10 Å². The molecule has 1 N–H and O–H groups in total. The van der Waals surface area contributed by atoms with E-state index in [9.17, 15) is 9.90 Å². The first-order valence-electron chi connectivity index (χ1n) is 4.44. The minimum Gasteiger partial charge on any atom is -0.388 e. The third-order valence-corrected chi connectivity index (χ3v) is 2.09. The van der Waals surface area contributed by atoms with E-state index in [1.807, 2.05) is 6.92 Å². The largest absolute Gasteiger partial charge is 0.388 e. The van der Waals surface area contributed by atoms with Crippen LogP contribution in [-0.4, -0.2) is 10.9 Å². The van der Waals surface area contributed by atoms with Crippen LogP contribution in [0.3, 0.4) is 0 Å². The minimum absolute atomic E-state index is 0.0533. The molecule has 0 amide bonds. The lowest BCUT2D eigenvalue weighted by Gasteiger charge is -2.07. The SMILES string of the molecule is CC[C@@H](O)c1ccc(C(C)=O)cc1. The maximum atomic E-state index is 10.9. The molecule has 0 bridgehead atoms. The van der Waals surface area contributed by atoms with Gasteiger partial charge in [0, 0.05) is 5.56 Å². The Labute approximate surface area is 78.2 Å². The molecule has 13 heavy (non-hydrogen) atoms. The van der Waals surface area contributed by atoms with Crippen LogP contribution in [0.25, 0.3) is 0 Å². The molecule has 1 rings (SSSR count). The normalized spacial score (nSPS) is 12.5. The Morgan fingerprint density at radius 1 is 1.38 bits per heavy atom. The zero-order chi connectivity index (χ0) is 9.84. The highest BCUT2D eigenvalue weighted by Crippen LogP contribution is 2.16. The van der Waals surface area contributed by atoms with Crippen molar-refractivity contribution in [2.45, 2.75) is 26.4 Å². The molecule has 0 heterocycles. The number of carbonyl (C=O) groups is 1. The Balaban J connectivity index is 2.87. The van der Waals surface area contributed by atoms with Crippen LogP contribution in [0.4, 0.5) is 0 Å². The van der Waals surface area contributed by atoms with Crippen LogP contribution in [0.1, 0.15) is 42.3 Å². The third kappa shape index (κ3) is 2.39. The summed E-state index contributed by atoms with van der Waals surface area (Å²) >= 11 is 0. The van der Waals surface area contributed by atoms with E-state index in [0.717, 1.165) is 5.56 Å². The van der Waals surface area contributed by atoms with Gasteiger partial charge >= 0.3 is 0 Å². The van der Waals surface area contributed by atoms with Crippen molar-refractivity contribution in [2.75, 3.05) is 0 Å². The summed E-state index contributed by atoms with van der Waals surface area (Å²) in [5.74, 6) is 0.0533. The van der Waals surface area contributed by atoms with Crippen molar-refractivity contribution in [3.8, 4) is 0 Å². The van der Waals surface area contributed by atoms with E-state index in [2.05, 4.69) is 0 Å². The molecule has 0 fully saturated rings. The molecule has 0 aromatic heterocycles. The second-order valence-corrected chi connectivity index (χ2v) is 3.10. The quantitative estimate of drug-likeness (QED) is 0.721. The number of Topliss-reactive ketones (excluding diaryl/α,β-unsaturated/α-hetero) is 1. The highest BCUT2D eigenvalue weighted by atomic mass is 16.3. The first kappa shape index (κ1) is 9.93. The Kier molecular flexibility index (Phi) is 3.20. The number of ketones is 1. The number of hydrogen-bond donors (Lipinski definition) is 1. The van der Waals surface area contributed by atoms with Gasteiger partial charge in [-0.2, -0.15) is 0 Å². The minimum atomic E-state index is -0.416. The second-order valence-electron chi connectivity index (χ2n) is 3.10. The van der Waals surface area contributed by atoms with E-state index in [1.165, 1.54) is 6.92 Å². The number of aliphatic hydroxyl groups is 1. The van der Waals surface area contributed by atoms with Crippen LogP contribution >= 0.6 is 0 Å². The molecule has 0 unspecified atom stereocenters. The molecular formula is C11H14O2. The predicted octanol–water partition coefficient (Wildman–Crippen LogP) is 2.33. The molecule has 1 atom stereocenters. The average Bonchev–Trinajstić information content (AvgIpc) is 2.17. The lowest BCUT2D eigenvalue weighted by molar-refractivity contribution is 0.101. The summed E-state index contributed by atoms with van der Waals surface area (Å²) in [4.78, 5) is 10.9. The number of carbonyl (C=O) groups excluding carboxylic acids is 1. The van der Waals surface area contributed by atoms with Crippen molar-refractivity contribution in [3.63, 3.8) is 0 Å². The molecule has 70 valence electrons. The van der Waals surface area contributed by atoms with Crippen LogP contribution in [0.2, 0.25) is 0 Å². The topological polar surface area (TPSA) is 37.3 Å². The number of benzene rings is 1. The van der Waals surface area contributed by atoms with Crippen molar-refractivity contribution >= 4 is 5.78 Å². The van der Waals surface area contributed by atoms with Crippen molar-refractivity contribution < 1.29 is 9.90 Å². The van der Waals surface area contributed by atoms with E-state index in [4.69, 9.17) is 0 Å². The van der Waals surface area contributed by atoms with Crippen LogP contribution in [0.5, 0.6) is 0 Å². The molecule has 0 aliphatic carbocycles. The monoisotopic (exact) mass is 178 g/mol. The lowest BCUT2D eigenvalue weighted by atomic mass is 10.0. The number of hydrogen-bond acceptors (Lipinski definition) is 2. The van der Waals surface area contributed by atoms with Crippen molar-refractivity contribution in [2.24, 2.45) is 0 Å². The second kappa shape index (κ2) is 4.19. The Morgan fingerprint density at radius 2 is 1.92 bits per heavy atom. The maximum absolute atomic E-state index is 10.9.